The van der Waals surface area contributed by atoms with Crippen LogP contribution in [0.3, 0.4) is 0 Å². The van der Waals surface area contributed by atoms with Crippen LogP contribution in [0.5, 0.6) is 0 Å². The highest BCUT2D eigenvalue weighted by atomic mass is 35.5. The molecule has 0 saturated carbocycles. The molecule has 0 spiro atoms. The molecule has 1 amide bonds. The minimum atomic E-state index is -0.289. The van der Waals surface area contributed by atoms with Crippen molar-refractivity contribution in [2.24, 2.45) is 7.05 Å². The number of nitrogens with zero attached hydrogens (tertiary/aromatic N) is 4. The topological polar surface area (TPSA) is 70.5 Å². The fourth-order valence-corrected chi connectivity index (χ4v) is 4.16. The molecule has 7 nitrogen and oxygen atoms in total. The number of anilines is 2. The SMILES string of the molecule is Cc1ccc(NC(=O)CN2C3CC2CN(c2cnn(C)c(=O)c2Cl)C3)cc1. The number of carbonyl (C=O) groups excluding carboxylic acids is 1. The summed E-state index contributed by atoms with van der Waals surface area (Å²) >= 11 is 6.22. The zero-order chi connectivity index (χ0) is 19.1. The molecular formula is C19H22ClN5O2. The third-order valence-electron chi connectivity index (χ3n) is 5.41. The van der Waals surface area contributed by atoms with E-state index in [9.17, 15) is 9.59 Å². The van der Waals surface area contributed by atoms with Crippen molar-refractivity contribution < 1.29 is 4.79 Å². The van der Waals surface area contributed by atoms with Gasteiger partial charge in [0.25, 0.3) is 5.56 Å². The number of piperazine rings is 1. The third kappa shape index (κ3) is 3.44. The van der Waals surface area contributed by atoms with Crippen molar-refractivity contribution in [3.05, 3.63) is 51.4 Å². The second kappa shape index (κ2) is 6.98. The van der Waals surface area contributed by atoms with Crippen molar-refractivity contribution in [2.45, 2.75) is 25.4 Å². The van der Waals surface area contributed by atoms with Crippen molar-refractivity contribution in [3.8, 4) is 0 Å². The van der Waals surface area contributed by atoms with Gasteiger partial charge < -0.3 is 10.2 Å². The van der Waals surface area contributed by atoms with E-state index in [4.69, 9.17) is 11.6 Å². The number of benzene rings is 1. The van der Waals surface area contributed by atoms with Crippen molar-refractivity contribution >= 4 is 28.9 Å². The maximum atomic E-state index is 12.4. The van der Waals surface area contributed by atoms with Gasteiger partial charge in [-0.1, -0.05) is 29.3 Å². The predicted octanol–water partition coefficient (Wildman–Crippen LogP) is 1.64. The molecule has 8 heteroatoms. The largest absolute Gasteiger partial charge is 0.366 e. The van der Waals surface area contributed by atoms with Crippen LogP contribution in [-0.2, 0) is 11.8 Å². The van der Waals surface area contributed by atoms with Gasteiger partial charge in [0.2, 0.25) is 5.91 Å². The highest BCUT2D eigenvalue weighted by Crippen LogP contribution is 2.35. The summed E-state index contributed by atoms with van der Waals surface area (Å²) in [5.41, 5.74) is 2.37. The lowest BCUT2D eigenvalue weighted by atomic mass is 9.87. The van der Waals surface area contributed by atoms with E-state index in [2.05, 4.69) is 20.2 Å². The Balaban J connectivity index is 1.38. The van der Waals surface area contributed by atoms with E-state index in [1.54, 1.807) is 13.2 Å². The van der Waals surface area contributed by atoms with Crippen molar-refractivity contribution in [1.29, 1.82) is 0 Å². The van der Waals surface area contributed by atoms with Crippen LogP contribution in [0.25, 0.3) is 0 Å². The van der Waals surface area contributed by atoms with E-state index in [1.165, 1.54) is 4.68 Å². The standard InChI is InChI=1S/C19H22ClN5O2/c1-12-3-5-13(6-4-12)22-17(26)11-25-14-7-15(25)10-24(9-14)16-8-21-23(2)19(27)18(16)20/h3-6,8,14-15H,7,9-11H2,1-2H3,(H,22,26). The van der Waals surface area contributed by atoms with Crippen LogP contribution < -0.4 is 15.8 Å². The molecule has 27 heavy (non-hydrogen) atoms. The van der Waals surface area contributed by atoms with E-state index in [-0.39, 0.29) is 28.6 Å². The van der Waals surface area contributed by atoms with Gasteiger partial charge in [-0.15, -0.1) is 0 Å². The first kappa shape index (κ1) is 18.0. The van der Waals surface area contributed by atoms with E-state index >= 15 is 0 Å². The van der Waals surface area contributed by atoms with Crippen LogP contribution >= 0.6 is 11.6 Å². The summed E-state index contributed by atoms with van der Waals surface area (Å²) in [6.45, 7) is 3.87. The first-order valence-corrected chi connectivity index (χ1v) is 9.39. The number of rotatable bonds is 4. The first-order valence-electron chi connectivity index (χ1n) is 9.01. The van der Waals surface area contributed by atoms with Gasteiger partial charge >= 0.3 is 0 Å². The Hall–Kier alpha value is -2.38. The minimum Gasteiger partial charge on any atom is -0.366 e. The second-order valence-electron chi connectivity index (χ2n) is 7.31. The van der Waals surface area contributed by atoms with Crippen LogP contribution in [0.1, 0.15) is 12.0 Å². The summed E-state index contributed by atoms with van der Waals surface area (Å²) in [7, 11) is 1.58. The molecule has 3 fully saturated rings. The number of hydrogen-bond donors (Lipinski definition) is 1. The Labute approximate surface area is 162 Å². The van der Waals surface area contributed by atoms with Gasteiger partial charge in [0, 0.05) is 37.9 Å². The van der Waals surface area contributed by atoms with Crippen LogP contribution in [0.15, 0.2) is 35.3 Å². The molecule has 3 aliphatic heterocycles. The summed E-state index contributed by atoms with van der Waals surface area (Å²) < 4.78 is 1.23. The summed E-state index contributed by atoms with van der Waals surface area (Å²) in [5.74, 6) is -0.00437. The molecule has 0 radical (unpaired) electrons. The number of aromatic nitrogens is 2. The van der Waals surface area contributed by atoms with Gasteiger partial charge in [0.1, 0.15) is 5.02 Å². The fraction of sp³-hybridized carbons (Fsp3) is 0.421. The molecule has 1 aromatic carbocycles. The lowest BCUT2D eigenvalue weighted by Crippen LogP contribution is -2.69. The van der Waals surface area contributed by atoms with E-state index in [0.717, 1.165) is 30.8 Å². The summed E-state index contributed by atoms with van der Waals surface area (Å²) in [4.78, 5) is 28.7. The van der Waals surface area contributed by atoms with E-state index in [1.807, 2.05) is 31.2 Å². The number of halogens is 1. The zero-order valence-electron chi connectivity index (χ0n) is 15.4. The number of carbonyl (C=O) groups is 1. The molecule has 2 unspecified atom stereocenters. The van der Waals surface area contributed by atoms with Crippen LogP contribution in [0.4, 0.5) is 11.4 Å². The van der Waals surface area contributed by atoms with Crippen molar-refractivity contribution in [1.82, 2.24) is 14.7 Å². The normalized spacial score (nSPS) is 21.7. The molecule has 4 heterocycles. The van der Waals surface area contributed by atoms with Gasteiger partial charge in [0.15, 0.2) is 0 Å². The van der Waals surface area contributed by atoms with Gasteiger partial charge in [0.05, 0.1) is 18.4 Å². The molecule has 2 bridgehead atoms. The number of piperidine rings is 1. The van der Waals surface area contributed by atoms with Crippen LogP contribution in [0, 0.1) is 6.92 Å². The summed E-state index contributed by atoms with van der Waals surface area (Å²) in [5, 5.41) is 7.24. The number of aryl methyl sites for hydroxylation is 2. The molecule has 3 saturated heterocycles. The zero-order valence-corrected chi connectivity index (χ0v) is 16.1. The molecule has 0 aliphatic carbocycles. The lowest BCUT2D eigenvalue weighted by Gasteiger charge is -2.56. The number of nitrogens with one attached hydrogen (secondary N) is 1. The highest BCUT2D eigenvalue weighted by molar-refractivity contribution is 6.33. The van der Waals surface area contributed by atoms with Crippen LogP contribution in [-0.4, -0.2) is 52.3 Å². The second-order valence-corrected chi connectivity index (χ2v) is 7.69. The number of fused-ring (bicyclic) bond motifs is 2. The summed E-state index contributed by atoms with van der Waals surface area (Å²) in [6.07, 6.45) is 2.70. The molecule has 2 aromatic rings. The van der Waals surface area contributed by atoms with Crippen LogP contribution in [0.2, 0.25) is 5.02 Å². The smallest absolute Gasteiger partial charge is 0.287 e. The molecular weight excluding hydrogens is 366 g/mol. The van der Waals surface area contributed by atoms with E-state index < -0.39 is 0 Å². The fourth-order valence-electron chi connectivity index (χ4n) is 3.87. The van der Waals surface area contributed by atoms with Gasteiger partial charge in [-0.2, -0.15) is 5.10 Å². The first-order chi connectivity index (χ1) is 12.9. The maximum absolute atomic E-state index is 12.4. The molecule has 5 rings (SSSR count). The number of amides is 1. The van der Waals surface area contributed by atoms with E-state index in [0.29, 0.717) is 12.2 Å². The average Bonchev–Trinajstić information content (AvgIpc) is 2.66. The molecule has 3 aliphatic rings. The Bertz CT molecular complexity index is 915. The Morgan fingerprint density at radius 1 is 1.26 bits per heavy atom. The van der Waals surface area contributed by atoms with Gasteiger partial charge in [-0.05, 0) is 25.5 Å². The Kier molecular flexibility index (Phi) is 4.65. The van der Waals surface area contributed by atoms with Crippen molar-refractivity contribution in [2.75, 3.05) is 29.9 Å². The summed E-state index contributed by atoms with van der Waals surface area (Å²) in [6, 6.07) is 8.36. The highest BCUT2D eigenvalue weighted by Gasteiger charge is 2.45. The quantitative estimate of drug-likeness (QED) is 0.863. The Morgan fingerprint density at radius 3 is 2.59 bits per heavy atom. The minimum absolute atomic E-state index is 0.00437. The molecule has 2 atom stereocenters. The predicted molar refractivity (Wildman–Crippen MR) is 105 cm³/mol. The lowest BCUT2D eigenvalue weighted by molar-refractivity contribution is -0.121. The van der Waals surface area contributed by atoms with Gasteiger partial charge in [-0.25, -0.2) is 4.68 Å². The van der Waals surface area contributed by atoms with Crippen molar-refractivity contribution in [3.63, 3.8) is 0 Å². The number of hydrogen-bond acceptors (Lipinski definition) is 5. The molecule has 1 N–H and O–H groups in total. The molecule has 142 valence electrons. The molecule has 1 aromatic heterocycles. The third-order valence-corrected chi connectivity index (χ3v) is 5.76. The average molecular weight is 388 g/mol. The monoisotopic (exact) mass is 387 g/mol. The van der Waals surface area contributed by atoms with Gasteiger partial charge in [-0.3, -0.25) is 14.5 Å². The maximum Gasteiger partial charge on any atom is 0.287 e. The Morgan fingerprint density at radius 2 is 1.93 bits per heavy atom.